The van der Waals surface area contributed by atoms with Crippen molar-refractivity contribution in [2.24, 2.45) is 17.3 Å². The van der Waals surface area contributed by atoms with Crippen LogP contribution in [0.1, 0.15) is 73.6 Å². The van der Waals surface area contributed by atoms with Gasteiger partial charge in [0.25, 0.3) is 0 Å². The first-order valence-corrected chi connectivity index (χ1v) is 16.8. The fourth-order valence-corrected chi connectivity index (χ4v) is 7.12. The number of Topliss-reactive ketones (excluding diaryl/α,β-unsaturated/α-hetero) is 3. The van der Waals surface area contributed by atoms with Crippen molar-refractivity contribution in [1.29, 1.82) is 0 Å². The number of methoxy groups -OCH3 is 2. The summed E-state index contributed by atoms with van der Waals surface area (Å²) in [6.45, 7) is 11.7. The van der Waals surface area contributed by atoms with Gasteiger partial charge in [0.15, 0.2) is 17.3 Å². The number of ether oxygens (including phenoxy) is 5. The second-order valence-electron chi connectivity index (χ2n) is 13.9. The maximum atomic E-state index is 13.0. The third-order valence-corrected chi connectivity index (χ3v) is 10.1. The average molecular weight is 654 g/mol. The first-order chi connectivity index (χ1) is 21.1. The van der Waals surface area contributed by atoms with E-state index in [1.54, 1.807) is 27.9 Å². The summed E-state index contributed by atoms with van der Waals surface area (Å²) < 4.78 is 28.2. The van der Waals surface area contributed by atoms with E-state index >= 15 is 0 Å². The number of amides is 1. The molecule has 11 nitrogen and oxygen atoms in total. The molecular formula is C33H51NO10S. The van der Waals surface area contributed by atoms with Gasteiger partial charge in [0.05, 0.1) is 55.7 Å². The first kappa shape index (κ1) is 37.3. The van der Waals surface area contributed by atoms with Gasteiger partial charge in [-0.15, -0.1) is 0 Å². The second-order valence-corrected chi connectivity index (χ2v) is 14.9. The Bertz CT molecular complexity index is 1140. The first-order valence-electron chi connectivity index (χ1n) is 15.6. The van der Waals surface area contributed by atoms with Gasteiger partial charge in [0.1, 0.15) is 18.8 Å². The monoisotopic (exact) mass is 653 g/mol. The standard InChI is InChI=1S/C33H51NO10S/c1-20(2)9-10-26-32(6,44-26)29-28(40-7)24(11-12-33(29)19-43-33)34-27(38)14-23(36)18-45-17-21(30(39)41-8)13-22(35)15-42-16-25(37)31(3,4)5/h9,21,24,26,28-29H,10-19H2,1-8H3,(H,34,38)/t21?,24-,26-,28-,29-,32-,33+/m1/s1. The fraction of sp³-hybridized carbons (Fsp3) is 0.788. The normalized spacial score (nSPS) is 29.4. The Kier molecular flexibility index (Phi) is 13.0. The van der Waals surface area contributed by atoms with Gasteiger partial charge in [-0.1, -0.05) is 32.4 Å². The smallest absolute Gasteiger partial charge is 0.309 e. The molecule has 3 aliphatic rings. The lowest BCUT2D eigenvalue weighted by molar-refractivity contribution is -0.147. The van der Waals surface area contributed by atoms with Crippen LogP contribution >= 0.6 is 11.8 Å². The molecule has 12 heteroatoms. The zero-order chi connectivity index (χ0) is 33.6. The summed E-state index contributed by atoms with van der Waals surface area (Å²) in [5, 5.41) is 3.03. The largest absolute Gasteiger partial charge is 0.469 e. The Hall–Kier alpha value is -2.12. The van der Waals surface area contributed by atoms with Crippen molar-refractivity contribution in [2.45, 2.75) is 103 Å². The van der Waals surface area contributed by atoms with Gasteiger partial charge in [-0.25, -0.2) is 0 Å². The Balaban J connectivity index is 1.47. The molecule has 3 rings (SSSR count). The summed E-state index contributed by atoms with van der Waals surface area (Å²) in [5.74, 6) is -2.39. The molecule has 1 spiro atoms. The molecule has 0 bridgehead atoms. The molecule has 254 valence electrons. The predicted octanol–water partition coefficient (Wildman–Crippen LogP) is 3.25. The summed E-state index contributed by atoms with van der Waals surface area (Å²) in [5.41, 5.74) is -0.0761. The number of hydrogen-bond donors (Lipinski definition) is 1. The van der Waals surface area contributed by atoms with E-state index in [-0.39, 0.29) is 90.6 Å². The van der Waals surface area contributed by atoms with E-state index in [1.165, 1.54) is 24.4 Å². The molecule has 1 amide bonds. The van der Waals surface area contributed by atoms with Crippen molar-refractivity contribution < 1.29 is 47.7 Å². The average Bonchev–Trinajstić information content (AvgIpc) is 3.87. The Labute approximate surface area is 271 Å². The van der Waals surface area contributed by atoms with Crippen LogP contribution in [0.25, 0.3) is 0 Å². The van der Waals surface area contributed by atoms with Crippen LogP contribution in [0.15, 0.2) is 11.6 Å². The number of carbonyl (C=O) groups excluding carboxylic acids is 5. The van der Waals surface area contributed by atoms with Gasteiger partial charge in [-0.05, 0) is 40.0 Å². The topological polar surface area (TPSA) is 150 Å². The molecule has 2 aliphatic heterocycles. The van der Waals surface area contributed by atoms with Crippen LogP contribution in [0, 0.1) is 17.3 Å². The van der Waals surface area contributed by atoms with Crippen LogP contribution in [0.3, 0.4) is 0 Å². The highest BCUT2D eigenvalue weighted by Crippen LogP contribution is 2.59. The van der Waals surface area contributed by atoms with Crippen LogP contribution in [0.5, 0.6) is 0 Å². The van der Waals surface area contributed by atoms with Gasteiger partial charge in [-0.2, -0.15) is 11.8 Å². The lowest BCUT2D eigenvalue weighted by Gasteiger charge is -2.43. The van der Waals surface area contributed by atoms with Crippen molar-refractivity contribution in [3.63, 3.8) is 0 Å². The van der Waals surface area contributed by atoms with Crippen molar-refractivity contribution in [3.05, 3.63) is 11.6 Å². The van der Waals surface area contributed by atoms with Gasteiger partial charge < -0.3 is 29.0 Å². The van der Waals surface area contributed by atoms with Crippen LogP contribution < -0.4 is 5.32 Å². The number of hydrogen-bond acceptors (Lipinski definition) is 11. The quantitative estimate of drug-likeness (QED) is 0.101. The number of allylic oxidation sites excluding steroid dienone is 1. The highest BCUT2D eigenvalue weighted by atomic mass is 32.2. The van der Waals surface area contributed by atoms with E-state index in [2.05, 4.69) is 32.2 Å². The molecule has 1 N–H and O–H groups in total. The van der Waals surface area contributed by atoms with Gasteiger partial charge >= 0.3 is 5.97 Å². The van der Waals surface area contributed by atoms with Crippen molar-refractivity contribution in [2.75, 3.05) is 45.5 Å². The van der Waals surface area contributed by atoms with E-state index in [4.69, 9.17) is 23.7 Å². The summed E-state index contributed by atoms with van der Waals surface area (Å²) in [6.07, 6.45) is 3.70. The Morgan fingerprint density at radius 1 is 1.09 bits per heavy atom. The second kappa shape index (κ2) is 15.6. The lowest BCUT2D eigenvalue weighted by Crippen LogP contribution is -2.59. The zero-order valence-corrected chi connectivity index (χ0v) is 28.8. The number of rotatable bonds is 18. The number of esters is 1. The minimum atomic E-state index is -0.777. The summed E-state index contributed by atoms with van der Waals surface area (Å²) in [4.78, 5) is 62.3. The number of carbonyl (C=O) groups is 5. The molecule has 1 saturated carbocycles. The predicted molar refractivity (Wildman–Crippen MR) is 169 cm³/mol. The van der Waals surface area contributed by atoms with Gasteiger partial charge in [0, 0.05) is 30.6 Å². The van der Waals surface area contributed by atoms with Crippen LogP contribution in [0.4, 0.5) is 0 Å². The Morgan fingerprint density at radius 3 is 2.36 bits per heavy atom. The third kappa shape index (κ3) is 10.2. The minimum absolute atomic E-state index is 0.00158. The molecule has 2 saturated heterocycles. The highest BCUT2D eigenvalue weighted by Gasteiger charge is 2.71. The number of nitrogens with one attached hydrogen (secondary N) is 1. The number of ketones is 3. The maximum Gasteiger partial charge on any atom is 0.309 e. The van der Waals surface area contributed by atoms with E-state index in [0.717, 1.165) is 12.8 Å². The summed E-state index contributed by atoms with van der Waals surface area (Å²) in [7, 11) is 2.87. The molecule has 0 radical (unpaired) electrons. The highest BCUT2D eigenvalue weighted by molar-refractivity contribution is 7.99. The molecule has 0 aromatic heterocycles. The fourth-order valence-electron chi connectivity index (χ4n) is 6.13. The van der Waals surface area contributed by atoms with Crippen molar-refractivity contribution in [3.8, 4) is 0 Å². The molecule has 2 heterocycles. The SMILES string of the molecule is COC(=O)C(CSCC(=O)CC(=O)N[C@@H]1CC[C@]2(CO2)[C@@H]([C@]2(C)O[C@@H]2CC=C(C)C)[C@@H]1OC)CC(=O)COCC(=O)C(C)(C)C. The third-order valence-electron chi connectivity index (χ3n) is 8.92. The van der Waals surface area contributed by atoms with Crippen molar-refractivity contribution >= 4 is 41.0 Å². The van der Waals surface area contributed by atoms with E-state index < -0.39 is 22.9 Å². The molecular weight excluding hydrogens is 602 g/mol. The van der Waals surface area contributed by atoms with Crippen LogP contribution in [0.2, 0.25) is 0 Å². The number of thioether (sulfide) groups is 1. The van der Waals surface area contributed by atoms with Gasteiger partial charge in [-0.3, -0.25) is 24.0 Å². The molecule has 0 aromatic carbocycles. The molecule has 1 unspecified atom stereocenters. The molecule has 0 aromatic rings. The van der Waals surface area contributed by atoms with Crippen LogP contribution in [-0.2, 0) is 47.7 Å². The number of epoxide rings is 2. The van der Waals surface area contributed by atoms with E-state index in [0.29, 0.717) is 13.0 Å². The molecule has 7 atom stereocenters. The van der Waals surface area contributed by atoms with Crippen LogP contribution in [-0.4, -0.2) is 104 Å². The maximum absolute atomic E-state index is 13.0. The zero-order valence-electron chi connectivity index (χ0n) is 28.0. The molecule has 1 aliphatic carbocycles. The summed E-state index contributed by atoms with van der Waals surface area (Å²) >= 11 is 1.17. The minimum Gasteiger partial charge on any atom is -0.469 e. The molecule has 3 fully saturated rings. The summed E-state index contributed by atoms with van der Waals surface area (Å²) in [6, 6.07) is -0.288. The lowest BCUT2D eigenvalue weighted by atomic mass is 9.67. The van der Waals surface area contributed by atoms with E-state index in [9.17, 15) is 24.0 Å². The Morgan fingerprint density at radius 2 is 1.78 bits per heavy atom. The molecule has 45 heavy (non-hydrogen) atoms. The van der Waals surface area contributed by atoms with E-state index in [1.807, 2.05) is 0 Å². The van der Waals surface area contributed by atoms with Gasteiger partial charge in [0.2, 0.25) is 5.91 Å². The van der Waals surface area contributed by atoms with Crippen molar-refractivity contribution in [1.82, 2.24) is 5.32 Å².